The van der Waals surface area contributed by atoms with E-state index in [0.717, 1.165) is 12.2 Å². The van der Waals surface area contributed by atoms with Gasteiger partial charge >= 0.3 is 0 Å². The quantitative estimate of drug-likeness (QED) is 0.645. The lowest BCUT2D eigenvalue weighted by atomic mass is 10.3. The summed E-state index contributed by atoms with van der Waals surface area (Å²) >= 11 is 0. The Labute approximate surface area is 78.8 Å². The molecule has 72 valence electrons. The van der Waals surface area contributed by atoms with E-state index in [1.807, 2.05) is 30.3 Å². The second-order valence-electron chi connectivity index (χ2n) is 2.61. The Morgan fingerprint density at radius 3 is 2.38 bits per heavy atom. The smallest absolute Gasteiger partial charge is 0.0690 e. The van der Waals surface area contributed by atoms with Crippen LogP contribution in [-0.4, -0.2) is 27.4 Å². The van der Waals surface area contributed by atoms with Crippen LogP contribution in [0.1, 0.15) is 0 Å². The zero-order chi connectivity index (χ0) is 9.52. The van der Waals surface area contributed by atoms with Gasteiger partial charge in [-0.3, -0.25) is 9.90 Å². The summed E-state index contributed by atoms with van der Waals surface area (Å²) in [5.74, 6) is 0. The second-order valence-corrected chi connectivity index (χ2v) is 2.61. The van der Waals surface area contributed by atoms with Gasteiger partial charge in [-0.15, -0.1) is 0 Å². The summed E-state index contributed by atoms with van der Waals surface area (Å²) in [5.41, 5.74) is 1.04. The molecule has 0 heterocycles. The molecule has 0 aliphatic rings. The minimum atomic E-state index is 0.655. The fourth-order valence-electron chi connectivity index (χ4n) is 1.09. The van der Waals surface area contributed by atoms with E-state index in [1.54, 1.807) is 19.3 Å². The summed E-state index contributed by atoms with van der Waals surface area (Å²) in [6.45, 7) is 1.39. The molecule has 0 bridgehead atoms. The fourth-order valence-corrected chi connectivity index (χ4v) is 1.09. The lowest BCUT2D eigenvalue weighted by Crippen LogP contribution is -2.25. The van der Waals surface area contributed by atoms with Gasteiger partial charge in [0.05, 0.1) is 25.9 Å². The summed E-state index contributed by atoms with van der Waals surface area (Å²) in [6, 6.07) is 9.94. The highest BCUT2D eigenvalue weighted by molar-refractivity contribution is 5.43. The lowest BCUT2D eigenvalue weighted by molar-refractivity contribution is 0.129. The molecule has 13 heavy (non-hydrogen) atoms. The van der Waals surface area contributed by atoms with Crippen molar-refractivity contribution in [2.45, 2.75) is 0 Å². The predicted octanol–water partition coefficient (Wildman–Crippen LogP) is 1.70. The third-order valence-electron chi connectivity index (χ3n) is 1.76. The SMILES string of the molecule is COCCN(OC)c1ccccc1. The van der Waals surface area contributed by atoms with Crippen molar-refractivity contribution in [1.29, 1.82) is 0 Å². The van der Waals surface area contributed by atoms with Crippen LogP contribution in [0.15, 0.2) is 30.3 Å². The fraction of sp³-hybridized carbons (Fsp3) is 0.400. The highest BCUT2D eigenvalue weighted by Gasteiger charge is 2.02. The molecular weight excluding hydrogens is 166 g/mol. The van der Waals surface area contributed by atoms with Crippen LogP contribution in [0.5, 0.6) is 0 Å². The maximum Gasteiger partial charge on any atom is 0.0690 e. The Balaban J connectivity index is 2.56. The first-order chi connectivity index (χ1) is 6.38. The molecule has 0 spiro atoms. The summed E-state index contributed by atoms with van der Waals surface area (Å²) in [7, 11) is 3.33. The Kier molecular flexibility index (Phi) is 4.29. The predicted molar refractivity (Wildman–Crippen MR) is 52.7 cm³/mol. The van der Waals surface area contributed by atoms with Crippen molar-refractivity contribution in [3.8, 4) is 0 Å². The molecule has 0 aromatic heterocycles. The summed E-state index contributed by atoms with van der Waals surface area (Å²) in [4.78, 5) is 5.19. The van der Waals surface area contributed by atoms with E-state index < -0.39 is 0 Å². The van der Waals surface area contributed by atoms with Crippen LogP contribution in [0.3, 0.4) is 0 Å². The molecular formula is C10H15NO2. The van der Waals surface area contributed by atoms with Gasteiger partial charge in [-0.25, -0.2) is 0 Å². The second kappa shape index (κ2) is 5.56. The Bertz CT molecular complexity index is 226. The number of rotatable bonds is 5. The van der Waals surface area contributed by atoms with Gasteiger partial charge in [0.1, 0.15) is 0 Å². The first-order valence-electron chi connectivity index (χ1n) is 4.24. The first-order valence-corrected chi connectivity index (χ1v) is 4.24. The third-order valence-corrected chi connectivity index (χ3v) is 1.76. The van der Waals surface area contributed by atoms with Crippen molar-refractivity contribution in [2.24, 2.45) is 0 Å². The molecule has 0 radical (unpaired) electrons. The number of para-hydroxylation sites is 1. The lowest BCUT2D eigenvalue weighted by Gasteiger charge is -2.20. The average Bonchev–Trinajstić information content (AvgIpc) is 2.21. The minimum absolute atomic E-state index is 0.655. The zero-order valence-electron chi connectivity index (χ0n) is 8.06. The van der Waals surface area contributed by atoms with E-state index in [4.69, 9.17) is 9.57 Å². The highest BCUT2D eigenvalue weighted by Crippen LogP contribution is 2.12. The van der Waals surface area contributed by atoms with E-state index in [1.165, 1.54) is 0 Å². The van der Waals surface area contributed by atoms with Gasteiger partial charge in [0.15, 0.2) is 0 Å². The van der Waals surface area contributed by atoms with Gasteiger partial charge in [-0.2, -0.15) is 0 Å². The van der Waals surface area contributed by atoms with Crippen molar-refractivity contribution in [2.75, 3.05) is 32.4 Å². The summed E-state index contributed by atoms with van der Waals surface area (Å²) in [5, 5.41) is 1.80. The van der Waals surface area contributed by atoms with Crippen LogP contribution in [0.25, 0.3) is 0 Å². The maximum absolute atomic E-state index is 5.19. The standard InChI is InChI=1S/C10H15NO2/c1-12-9-8-11(13-2)10-6-4-3-5-7-10/h3-7H,8-9H2,1-2H3. The number of hydrogen-bond donors (Lipinski definition) is 0. The average molecular weight is 181 g/mol. The van der Waals surface area contributed by atoms with Crippen LogP contribution >= 0.6 is 0 Å². The van der Waals surface area contributed by atoms with Gasteiger partial charge < -0.3 is 4.74 Å². The van der Waals surface area contributed by atoms with E-state index in [0.29, 0.717) is 6.61 Å². The first kappa shape index (κ1) is 10.0. The molecule has 0 amide bonds. The molecule has 3 heteroatoms. The van der Waals surface area contributed by atoms with Crippen LogP contribution in [0.4, 0.5) is 5.69 Å². The molecule has 1 rings (SSSR count). The van der Waals surface area contributed by atoms with E-state index >= 15 is 0 Å². The number of methoxy groups -OCH3 is 1. The monoisotopic (exact) mass is 181 g/mol. The maximum atomic E-state index is 5.19. The summed E-state index contributed by atoms with van der Waals surface area (Å²) < 4.78 is 4.97. The molecule has 3 nitrogen and oxygen atoms in total. The van der Waals surface area contributed by atoms with E-state index in [9.17, 15) is 0 Å². The largest absolute Gasteiger partial charge is 0.383 e. The van der Waals surface area contributed by atoms with Crippen molar-refractivity contribution in [1.82, 2.24) is 0 Å². The molecule has 1 aromatic carbocycles. The molecule has 0 aliphatic heterocycles. The van der Waals surface area contributed by atoms with Crippen LogP contribution in [0, 0.1) is 0 Å². The Morgan fingerprint density at radius 2 is 1.85 bits per heavy atom. The highest BCUT2D eigenvalue weighted by atomic mass is 16.7. The van der Waals surface area contributed by atoms with Gasteiger partial charge in [-0.05, 0) is 12.1 Å². The van der Waals surface area contributed by atoms with E-state index in [-0.39, 0.29) is 0 Å². The third kappa shape index (κ3) is 3.05. The topological polar surface area (TPSA) is 21.7 Å². The van der Waals surface area contributed by atoms with Crippen molar-refractivity contribution in [3.63, 3.8) is 0 Å². The van der Waals surface area contributed by atoms with Crippen molar-refractivity contribution in [3.05, 3.63) is 30.3 Å². The number of anilines is 1. The van der Waals surface area contributed by atoms with Crippen LogP contribution < -0.4 is 5.06 Å². The van der Waals surface area contributed by atoms with Crippen molar-refractivity contribution >= 4 is 5.69 Å². The van der Waals surface area contributed by atoms with Crippen molar-refractivity contribution < 1.29 is 9.57 Å². The molecule has 0 unspecified atom stereocenters. The summed E-state index contributed by atoms with van der Waals surface area (Å²) in [6.07, 6.45) is 0. The zero-order valence-corrected chi connectivity index (χ0v) is 8.06. The van der Waals surface area contributed by atoms with Gasteiger partial charge in [0.2, 0.25) is 0 Å². The molecule has 0 aliphatic carbocycles. The number of nitrogens with zero attached hydrogens (tertiary/aromatic N) is 1. The molecule has 1 aromatic rings. The number of benzene rings is 1. The Hall–Kier alpha value is -1.06. The minimum Gasteiger partial charge on any atom is -0.383 e. The van der Waals surface area contributed by atoms with Crippen LogP contribution in [0.2, 0.25) is 0 Å². The molecule has 0 saturated carbocycles. The molecule has 0 saturated heterocycles. The number of hydroxylamine groups is 1. The molecule has 0 atom stereocenters. The van der Waals surface area contributed by atoms with E-state index in [2.05, 4.69) is 0 Å². The number of hydrogen-bond acceptors (Lipinski definition) is 3. The molecule has 0 fully saturated rings. The van der Waals surface area contributed by atoms with Gasteiger partial charge in [-0.1, -0.05) is 18.2 Å². The Morgan fingerprint density at radius 1 is 1.15 bits per heavy atom. The van der Waals surface area contributed by atoms with Gasteiger partial charge in [0.25, 0.3) is 0 Å². The number of ether oxygens (including phenoxy) is 1. The molecule has 0 N–H and O–H groups in total. The van der Waals surface area contributed by atoms with Crippen LogP contribution in [-0.2, 0) is 9.57 Å². The normalized spacial score (nSPS) is 10.0. The van der Waals surface area contributed by atoms with Gasteiger partial charge in [0, 0.05) is 7.11 Å².